The number of hydrogen-bond donors (Lipinski definition) is 4. The first kappa shape index (κ1) is 36.7. The van der Waals surface area contributed by atoms with Crippen LogP contribution in [0.2, 0.25) is 0 Å². The van der Waals surface area contributed by atoms with Crippen molar-refractivity contribution in [3.05, 3.63) is 95.2 Å². The molecule has 1 unspecified atom stereocenters. The number of allylic oxidation sites excluding steroid dienone is 1. The zero-order chi connectivity index (χ0) is 36.4. The van der Waals surface area contributed by atoms with Crippen LogP contribution in [0.15, 0.2) is 77.3 Å². The molecule has 12 nitrogen and oxygen atoms in total. The van der Waals surface area contributed by atoms with Crippen molar-refractivity contribution in [1.29, 1.82) is 0 Å². The largest absolute Gasteiger partial charge is 0.356 e. The maximum Gasteiger partial charge on any atom is 0.261 e. The molecule has 3 aromatic rings. The van der Waals surface area contributed by atoms with E-state index in [4.69, 9.17) is 0 Å². The SMILES string of the molecule is BC(=O)[C@H](Cc1ccc(N2C(=O)C=C(C)N(C)C2O)cc1)NC(=O)c1cc(F)c(NS(=O)(=O)c2ccc(NC(=O)C(C)(C)C)cc2)cc1F. The summed E-state index contributed by atoms with van der Waals surface area (Å²) in [4.78, 5) is 52.5. The topological polar surface area (TPSA) is 165 Å². The summed E-state index contributed by atoms with van der Waals surface area (Å²) in [5.41, 5.74) is -0.808. The molecule has 16 heteroatoms. The highest BCUT2D eigenvalue weighted by Crippen LogP contribution is 2.26. The first-order chi connectivity index (χ1) is 22.8. The number of benzene rings is 3. The molecule has 1 heterocycles. The zero-order valence-electron chi connectivity index (χ0n) is 27.7. The van der Waals surface area contributed by atoms with Crippen LogP contribution in [0.5, 0.6) is 0 Å². The van der Waals surface area contributed by atoms with E-state index in [-0.39, 0.29) is 17.2 Å². The molecule has 0 fully saturated rings. The quantitative estimate of drug-likeness (QED) is 0.235. The number of amides is 3. The minimum atomic E-state index is -4.40. The molecule has 0 bridgehead atoms. The summed E-state index contributed by atoms with van der Waals surface area (Å²) in [6.07, 6.45) is 0.115. The van der Waals surface area contributed by atoms with E-state index >= 15 is 8.78 Å². The second kappa shape index (κ2) is 14.2. The molecule has 4 rings (SSSR count). The van der Waals surface area contributed by atoms with Crippen LogP contribution in [-0.2, 0) is 30.8 Å². The molecule has 3 amide bonds. The maximum atomic E-state index is 15.1. The van der Waals surface area contributed by atoms with E-state index in [1.54, 1.807) is 59.0 Å². The lowest BCUT2D eigenvalue weighted by Crippen LogP contribution is -2.52. The monoisotopic (exact) mass is 695 g/mol. The van der Waals surface area contributed by atoms with Gasteiger partial charge in [-0.2, -0.15) is 0 Å². The smallest absolute Gasteiger partial charge is 0.261 e. The average molecular weight is 696 g/mol. The molecule has 0 saturated carbocycles. The van der Waals surface area contributed by atoms with Crippen molar-refractivity contribution in [3.63, 3.8) is 0 Å². The predicted molar refractivity (Wildman–Crippen MR) is 182 cm³/mol. The Labute approximate surface area is 283 Å². The number of anilines is 3. The number of rotatable bonds is 10. The molecular formula is C33H36BF2N5O7S. The molecule has 258 valence electrons. The van der Waals surface area contributed by atoms with Gasteiger partial charge in [0.2, 0.25) is 12.3 Å². The summed E-state index contributed by atoms with van der Waals surface area (Å²) in [5.74, 6) is -4.31. The third-order valence-corrected chi connectivity index (χ3v) is 9.18. The molecule has 0 radical (unpaired) electrons. The summed E-state index contributed by atoms with van der Waals surface area (Å²) in [5, 5.41) is 15.6. The molecule has 0 saturated heterocycles. The molecule has 3 aromatic carbocycles. The Morgan fingerprint density at radius 2 is 1.61 bits per heavy atom. The van der Waals surface area contributed by atoms with E-state index in [0.29, 0.717) is 34.8 Å². The number of nitrogens with zero attached hydrogens (tertiary/aromatic N) is 2. The summed E-state index contributed by atoms with van der Waals surface area (Å²) in [6.45, 7) is 6.82. The van der Waals surface area contributed by atoms with Crippen LogP contribution < -0.4 is 20.3 Å². The van der Waals surface area contributed by atoms with E-state index in [1.807, 2.05) is 4.72 Å². The van der Waals surface area contributed by atoms with Gasteiger partial charge in [-0.1, -0.05) is 32.9 Å². The maximum absolute atomic E-state index is 15.1. The molecule has 2 atom stereocenters. The van der Waals surface area contributed by atoms with Gasteiger partial charge in [-0.15, -0.1) is 0 Å². The molecular weight excluding hydrogens is 659 g/mol. The van der Waals surface area contributed by atoms with Crippen LogP contribution in [-0.4, -0.2) is 69.1 Å². The number of aliphatic hydroxyl groups is 1. The Hall–Kier alpha value is -5.09. The lowest BCUT2D eigenvalue weighted by molar-refractivity contribution is -0.123. The molecule has 1 aliphatic heterocycles. The van der Waals surface area contributed by atoms with Crippen LogP contribution in [0.25, 0.3) is 0 Å². The first-order valence-corrected chi connectivity index (χ1v) is 16.5. The fourth-order valence-corrected chi connectivity index (χ4v) is 5.74. The van der Waals surface area contributed by atoms with Crippen molar-refractivity contribution in [2.45, 2.75) is 51.4 Å². The second-order valence-electron chi connectivity index (χ2n) is 12.6. The van der Waals surface area contributed by atoms with Gasteiger partial charge in [-0.3, -0.25) is 24.0 Å². The first-order valence-electron chi connectivity index (χ1n) is 15.0. The average Bonchev–Trinajstić information content (AvgIpc) is 3.01. The summed E-state index contributed by atoms with van der Waals surface area (Å²) in [7, 11) is -1.56. The second-order valence-corrected chi connectivity index (χ2v) is 14.3. The van der Waals surface area contributed by atoms with Crippen molar-refractivity contribution in [3.8, 4) is 0 Å². The summed E-state index contributed by atoms with van der Waals surface area (Å²) >= 11 is 0. The molecule has 0 aromatic heterocycles. The molecule has 4 N–H and O–H groups in total. The van der Waals surface area contributed by atoms with Gasteiger partial charge in [-0.25, -0.2) is 17.2 Å². The van der Waals surface area contributed by atoms with Crippen molar-refractivity contribution >= 4 is 58.3 Å². The van der Waals surface area contributed by atoms with Gasteiger partial charge < -0.3 is 25.4 Å². The van der Waals surface area contributed by atoms with E-state index < -0.39 is 68.2 Å². The Morgan fingerprint density at radius 1 is 1.00 bits per heavy atom. The number of nitrogens with one attached hydrogen (secondary N) is 3. The van der Waals surface area contributed by atoms with E-state index in [2.05, 4.69) is 10.6 Å². The third kappa shape index (κ3) is 8.50. The highest BCUT2D eigenvalue weighted by Gasteiger charge is 2.31. The molecule has 0 aliphatic carbocycles. The number of hydrogen-bond acceptors (Lipinski definition) is 8. The van der Waals surface area contributed by atoms with E-state index in [9.17, 15) is 32.7 Å². The molecule has 0 spiro atoms. The highest BCUT2D eigenvalue weighted by molar-refractivity contribution is 7.92. The Bertz CT molecular complexity index is 1930. The fourth-order valence-electron chi connectivity index (χ4n) is 4.68. The minimum Gasteiger partial charge on any atom is -0.356 e. The van der Waals surface area contributed by atoms with Gasteiger partial charge in [0.25, 0.3) is 21.8 Å². The van der Waals surface area contributed by atoms with Gasteiger partial charge in [0, 0.05) is 41.7 Å². The normalized spacial score (nSPS) is 15.7. The predicted octanol–water partition coefficient (Wildman–Crippen LogP) is 2.71. The van der Waals surface area contributed by atoms with Gasteiger partial charge >= 0.3 is 0 Å². The van der Waals surface area contributed by atoms with Crippen LogP contribution in [0.3, 0.4) is 0 Å². The third-order valence-electron chi connectivity index (χ3n) is 7.80. The Morgan fingerprint density at radius 3 is 2.18 bits per heavy atom. The lowest BCUT2D eigenvalue weighted by atomic mass is 9.90. The number of carbonyl (C=O) groups is 4. The van der Waals surface area contributed by atoms with Crippen LogP contribution in [0.4, 0.5) is 25.8 Å². The number of sulfonamides is 1. The van der Waals surface area contributed by atoms with Crippen LogP contribution in [0, 0.1) is 17.0 Å². The highest BCUT2D eigenvalue weighted by atomic mass is 32.2. The molecule has 1 aliphatic rings. The minimum absolute atomic E-state index is 0.0303. The van der Waals surface area contributed by atoms with Crippen LogP contribution >= 0.6 is 0 Å². The zero-order valence-corrected chi connectivity index (χ0v) is 28.5. The Kier molecular flexibility index (Phi) is 10.6. The Balaban J connectivity index is 1.45. The fraction of sp³-hybridized carbons (Fsp3) is 0.273. The summed E-state index contributed by atoms with van der Waals surface area (Å²) < 4.78 is 57.9. The lowest BCUT2D eigenvalue weighted by Gasteiger charge is -2.38. The van der Waals surface area contributed by atoms with Gasteiger partial charge in [0.1, 0.15) is 17.3 Å². The van der Waals surface area contributed by atoms with Crippen molar-refractivity contribution < 1.29 is 41.5 Å². The van der Waals surface area contributed by atoms with Gasteiger partial charge in [0.05, 0.1) is 22.2 Å². The van der Waals surface area contributed by atoms with E-state index in [0.717, 1.165) is 0 Å². The number of aliphatic hydroxyl groups excluding tert-OH is 1. The van der Waals surface area contributed by atoms with Crippen molar-refractivity contribution in [1.82, 2.24) is 10.2 Å². The number of carbonyl (C=O) groups excluding carboxylic acids is 4. The van der Waals surface area contributed by atoms with Gasteiger partial charge in [-0.05, 0) is 61.4 Å². The standard InChI is InChI=1S/C33H36BF2N5O7S/c1-18-14-28(42)41(32(46)40(18)5)21-10-6-19(7-11-21)15-27(29(34)43)38-30(44)23-16-25(36)26(17-24(23)35)39-49(47,48)22-12-8-20(9-13-22)37-31(45)33(2,3)4/h6-14,16-17,27,32,39,46H,15,34H2,1-5H3,(H,37,45)(H,38,44)/t27-,32?/m0/s1. The van der Waals surface area contributed by atoms with Crippen molar-refractivity contribution in [2.75, 3.05) is 22.0 Å². The van der Waals surface area contributed by atoms with Crippen LogP contribution in [0.1, 0.15) is 43.6 Å². The summed E-state index contributed by atoms with van der Waals surface area (Å²) in [6, 6.07) is 11.3. The van der Waals surface area contributed by atoms with Crippen molar-refractivity contribution in [2.24, 2.45) is 5.41 Å². The molecule has 49 heavy (non-hydrogen) atoms. The number of halogens is 2. The van der Waals surface area contributed by atoms with E-state index in [1.165, 1.54) is 48.0 Å². The van der Waals surface area contributed by atoms with Gasteiger partial charge in [0.15, 0.2) is 7.85 Å².